The van der Waals surface area contributed by atoms with E-state index < -0.39 is 0 Å². The molecule has 2 heterocycles. The van der Waals surface area contributed by atoms with E-state index in [4.69, 9.17) is 13.6 Å². The van der Waals surface area contributed by atoms with Crippen molar-refractivity contribution in [3.63, 3.8) is 0 Å². The third-order valence-electron chi connectivity index (χ3n) is 4.35. The van der Waals surface area contributed by atoms with E-state index in [0.717, 1.165) is 30.0 Å². The largest absolute Gasteiger partial charge is 0.485 e. The number of nitrogens with zero attached hydrogens (tertiary/aromatic N) is 3. The molecular formula is C21H23N3O3. The first-order chi connectivity index (χ1) is 13.0. The second-order valence-electron chi connectivity index (χ2n) is 6.28. The Morgan fingerprint density at radius 3 is 2.59 bits per heavy atom. The summed E-state index contributed by atoms with van der Waals surface area (Å²) in [5, 5.41) is 9.33. The Bertz CT molecular complexity index is 961. The lowest BCUT2D eigenvalue weighted by Crippen LogP contribution is -2.22. The summed E-state index contributed by atoms with van der Waals surface area (Å²) in [5.74, 6) is 2.74. The first-order valence-corrected chi connectivity index (χ1v) is 9.00. The molecule has 1 aromatic carbocycles. The van der Waals surface area contributed by atoms with E-state index in [-0.39, 0.29) is 5.69 Å². The van der Waals surface area contributed by atoms with Crippen molar-refractivity contribution >= 4 is 5.88 Å². The molecule has 0 atom stereocenters. The molecule has 2 aromatic heterocycles. The van der Waals surface area contributed by atoms with Crippen molar-refractivity contribution in [3.05, 3.63) is 52.9 Å². The Morgan fingerprint density at radius 2 is 1.89 bits per heavy atom. The van der Waals surface area contributed by atoms with Crippen LogP contribution < -0.4 is 9.64 Å². The fourth-order valence-electron chi connectivity index (χ4n) is 2.80. The van der Waals surface area contributed by atoms with Crippen molar-refractivity contribution in [2.45, 2.75) is 34.3 Å². The van der Waals surface area contributed by atoms with Crippen LogP contribution in [-0.2, 0) is 6.61 Å². The summed E-state index contributed by atoms with van der Waals surface area (Å²) in [5.41, 5.74) is 2.48. The second-order valence-corrected chi connectivity index (χ2v) is 6.28. The number of anilines is 1. The topological polar surface area (TPSA) is 75.4 Å². The van der Waals surface area contributed by atoms with Gasteiger partial charge in [0.2, 0.25) is 11.6 Å². The summed E-state index contributed by atoms with van der Waals surface area (Å²) >= 11 is 0. The van der Waals surface area contributed by atoms with Crippen LogP contribution in [0.4, 0.5) is 5.88 Å². The van der Waals surface area contributed by atoms with Gasteiger partial charge in [-0.05, 0) is 57.0 Å². The van der Waals surface area contributed by atoms with Crippen molar-refractivity contribution in [1.29, 1.82) is 5.26 Å². The average Bonchev–Trinajstić information content (AvgIpc) is 3.30. The van der Waals surface area contributed by atoms with Crippen LogP contribution >= 0.6 is 0 Å². The molecule has 0 radical (unpaired) electrons. The predicted molar refractivity (Wildman–Crippen MR) is 103 cm³/mol. The molecule has 0 bridgehead atoms. The summed E-state index contributed by atoms with van der Waals surface area (Å²) in [6.07, 6.45) is 0. The van der Waals surface area contributed by atoms with E-state index >= 15 is 0 Å². The lowest BCUT2D eigenvalue weighted by molar-refractivity contribution is 0.269. The molecule has 0 fully saturated rings. The molecular weight excluding hydrogens is 342 g/mol. The Hall–Kier alpha value is -3.20. The molecule has 6 nitrogen and oxygen atoms in total. The molecule has 0 unspecified atom stereocenters. The molecule has 0 aliphatic rings. The van der Waals surface area contributed by atoms with E-state index in [1.807, 2.05) is 50.8 Å². The van der Waals surface area contributed by atoms with Gasteiger partial charge in [0, 0.05) is 13.1 Å². The zero-order valence-corrected chi connectivity index (χ0v) is 16.1. The lowest BCUT2D eigenvalue weighted by atomic mass is 10.1. The highest BCUT2D eigenvalue weighted by Crippen LogP contribution is 2.29. The van der Waals surface area contributed by atoms with E-state index in [2.05, 4.69) is 17.1 Å². The first-order valence-electron chi connectivity index (χ1n) is 9.00. The maximum atomic E-state index is 9.33. The van der Waals surface area contributed by atoms with Gasteiger partial charge in [-0.3, -0.25) is 0 Å². The fraction of sp³-hybridized carbons (Fsp3) is 0.333. The maximum absolute atomic E-state index is 9.33. The number of nitriles is 1. The van der Waals surface area contributed by atoms with Crippen LogP contribution in [0.2, 0.25) is 0 Å². The van der Waals surface area contributed by atoms with Gasteiger partial charge in [0.1, 0.15) is 24.2 Å². The standard InChI is InChI=1S/C21H23N3O3/c1-5-24(6-2)21-17(12-22)23-20(27-21)18-10-9-16(26-18)13-25-19-11-14(3)7-8-15(19)4/h7-11H,5-6,13H2,1-4H3. The molecule has 0 aliphatic heterocycles. The van der Waals surface area contributed by atoms with Gasteiger partial charge in [0.15, 0.2) is 5.76 Å². The zero-order valence-electron chi connectivity index (χ0n) is 16.1. The third kappa shape index (κ3) is 3.98. The molecule has 3 rings (SSSR count). The summed E-state index contributed by atoms with van der Waals surface area (Å²) < 4.78 is 17.5. The van der Waals surface area contributed by atoms with E-state index in [0.29, 0.717) is 29.9 Å². The van der Waals surface area contributed by atoms with E-state index in [1.165, 1.54) is 0 Å². The Labute approximate surface area is 159 Å². The lowest BCUT2D eigenvalue weighted by Gasteiger charge is -2.16. The minimum atomic E-state index is 0.262. The number of benzene rings is 1. The molecule has 27 heavy (non-hydrogen) atoms. The van der Waals surface area contributed by atoms with Gasteiger partial charge in [-0.1, -0.05) is 12.1 Å². The van der Waals surface area contributed by atoms with Crippen molar-refractivity contribution in [2.24, 2.45) is 0 Å². The zero-order chi connectivity index (χ0) is 19.4. The van der Waals surface area contributed by atoms with Crippen molar-refractivity contribution in [3.8, 4) is 23.5 Å². The van der Waals surface area contributed by atoms with Gasteiger partial charge < -0.3 is 18.5 Å². The molecule has 6 heteroatoms. The molecule has 0 N–H and O–H groups in total. The summed E-state index contributed by atoms with van der Waals surface area (Å²) in [6, 6.07) is 11.8. The van der Waals surface area contributed by atoms with Gasteiger partial charge in [-0.2, -0.15) is 10.2 Å². The monoisotopic (exact) mass is 365 g/mol. The van der Waals surface area contributed by atoms with Gasteiger partial charge >= 0.3 is 0 Å². The van der Waals surface area contributed by atoms with Crippen LogP contribution in [0.25, 0.3) is 11.7 Å². The highest BCUT2D eigenvalue weighted by Gasteiger charge is 2.20. The second kappa shape index (κ2) is 8.00. The molecule has 0 aliphatic carbocycles. The quantitative estimate of drug-likeness (QED) is 0.596. The SMILES string of the molecule is CCN(CC)c1oc(-c2ccc(COc3cc(C)ccc3C)o2)nc1C#N. The van der Waals surface area contributed by atoms with Gasteiger partial charge in [-0.25, -0.2) is 0 Å². The van der Waals surface area contributed by atoms with Crippen LogP contribution in [0.15, 0.2) is 39.2 Å². The minimum Gasteiger partial charge on any atom is -0.485 e. The van der Waals surface area contributed by atoms with Gasteiger partial charge in [0.25, 0.3) is 5.89 Å². The normalized spacial score (nSPS) is 10.6. The Kier molecular flexibility index (Phi) is 5.51. The predicted octanol–water partition coefficient (Wildman–Crippen LogP) is 4.85. The Morgan fingerprint density at radius 1 is 1.11 bits per heavy atom. The fourth-order valence-corrected chi connectivity index (χ4v) is 2.80. The smallest absolute Gasteiger partial charge is 0.266 e. The molecule has 0 spiro atoms. The van der Waals surface area contributed by atoms with Crippen LogP contribution in [0, 0.1) is 25.2 Å². The number of rotatable bonds is 7. The number of furan rings is 1. The van der Waals surface area contributed by atoms with Gasteiger partial charge in [-0.15, -0.1) is 0 Å². The molecule has 0 saturated heterocycles. The molecule has 0 saturated carbocycles. The third-order valence-corrected chi connectivity index (χ3v) is 4.35. The van der Waals surface area contributed by atoms with Crippen LogP contribution in [0.1, 0.15) is 36.4 Å². The molecule has 0 amide bonds. The summed E-state index contributed by atoms with van der Waals surface area (Å²) in [7, 11) is 0. The number of ether oxygens (including phenoxy) is 1. The van der Waals surface area contributed by atoms with E-state index in [9.17, 15) is 5.26 Å². The number of oxazole rings is 1. The molecule has 3 aromatic rings. The summed E-state index contributed by atoms with van der Waals surface area (Å²) in [4.78, 5) is 6.22. The van der Waals surface area contributed by atoms with Crippen molar-refractivity contribution < 1.29 is 13.6 Å². The number of aryl methyl sites for hydroxylation is 2. The molecule has 140 valence electrons. The highest BCUT2D eigenvalue weighted by molar-refractivity contribution is 5.55. The van der Waals surface area contributed by atoms with Crippen LogP contribution in [0.5, 0.6) is 5.75 Å². The average molecular weight is 365 g/mol. The van der Waals surface area contributed by atoms with E-state index in [1.54, 1.807) is 6.07 Å². The van der Waals surface area contributed by atoms with Crippen LogP contribution in [0.3, 0.4) is 0 Å². The Balaban J connectivity index is 1.78. The number of hydrogen-bond donors (Lipinski definition) is 0. The number of hydrogen-bond acceptors (Lipinski definition) is 6. The highest BCUT2D eigenvalue weighted by atomic mass is 16.5. The maximum Gasteiger partial charge on any atom is 0.266 e. The van der Waals surface area contributed by atoms with Crippen molar-refractivity contribution in [1.82, 2.24) is 4.98 Å². The minimum absolute atomic E-state index is 0.262. The van der Waals surface area contributed by atoms with Gasteiger partial charge in [0.05, 0.1) is 0 Å². The van der Waals surface area contributed by atoms with Crippen LogP contribution in [-0.4, -0.2) is 18.1 Å². The number of aromatic nitrogens is 1. The summed E-state index contributed by atoms with van der Waals surface area (Å²) in [6.45, 7) is 9.80. The first kappa shape index (κ1) is 18.6. The van der Waals surface area contributed by atoms with Crippen molar-refractivity contribution in [2.75, 3.05) is 18.0 Å².